The highest BCUT2D eigenvalue weighted by Crippen LogP contribution is 2.41. The van der Waals surface area contributed by atoms with Crippen LogP contribution in [0, 0.1) is 6.92 Å². The Morgan fingerprint density at radius 3 is 2.45 bits per heavy atom. The SMILES string of the molecule is COc1ccc(/C(O)=C2\C(=O)C(=O)N(Cc3cccnc3)[C@@H]2c2cccc(Oc3ccccc3)c2)cc1C. The van der Waals surface area contributed by atoms with E-state index in [-0.39, 0.29) is 17.9 Å². The van der Waals surface area contributed by atoms with Gasteiger partial charge in [0, 0.05) is 24.5 Å². The number of rotatable bonds is 7. The zero-order valence-electron chi connectivity index (χ0n) is 21.0. The van der Waals surface area contributed by atoms with Gasteiger partial charge in [-0.05, 0) is 72.1 Å². The fraction of sp³-hybridized carbons (Fsp3) is 0.129. The Labute approximate surface area is 220 Å². The first kappa shape index (κ1) is 24.8. The number of hydrogen-bond donors (Lipinski definition) is 1. The number of benzene rings is 3. The maximum atomic E-state index is 13.4. The molecule has 0 unspecified atom stereocenters. The van der Waals surface area contributed by atoms with E-state index in [4.69, 9.17) is 9.47 Å². The molecule has 5 rings (SSSR count). The number of ketones is 1. The van der Waals surface area contributed by atoms with Gasteiger partial charge in [-0.2, -0.15) is 0 Å². The summed E-state index contributed by atoms with van der Waals surface area (Å²) in [6.45, 7) is 1.99. The molecule has 190 valence electrons. The van der Waals surface area contributed by atoms with E-state index in [1.807, 2.05) is 49.4 Å². The van der Waals surface area contributed by atoms with Gasteiger partial charge in [-0.3, -0.25) is 14.6 Å². The molecule has 7 nitrogen and oxygen atoms in total. The average Bonchev–Trinajstić information content (AvgIpc) is 3.19. The molecular formula is C31H26N2O5. The van der Waals surface area contributed by atoms with Crippen LogP contribution in [-0.2, 0) is 16.1 Å². The number of amides is 1. The zero-order chi connectivity index (χ0) is 26.6. The molecule has 1 fully saturated rings. The fourth-order valence-electron chi connectivity index (χ4n) is 4.63. The Bertz CT molecular complexity index is 1520. The summed E-state index contributed by atoms with van der Waals surface area (Å²) < 4.78 is 11.3. The molecule has 0 saturated carbocycles. The van der Waals surface area contributed by atoms with E-state index >= 15 is 0 Å². The van der Waals surface area contributed by atoms with Crippen molar-refractivity contribution < 1.29 is 24.2 Å². The maximum Gasteiger partial charge on any atom is 0.295 e. The monoisotopic (exact) mass is 506 g/mol. The zero-order valence-corrected chi connectivity index (χ0v) is 21.0. The molecule has 0 bridgehead atoms. The first-order valence-electron chi connectivity index (χ1n) is 12.1. The molecule has 4 aromatic rings. The van der Waals surface area contributed by atoms with Crippen LogP contribution in [0.2, 0.25) is 0 Å². The third kappa shape index (κ3) is 4.86. The van der Waals surface area contributed by atoms with Crippen molar-refractivity contribution in [3.63, 3.8) is 0 Å². The van der Waals surface area contributed by atoms with Gasteiger partial charge in [-0.25, -0.2) is 0 Å². The van der Waals surface area contributed by atoms with Crippen molar-refractivity contribution in [1.29, 1.82) is 0 Å². The maximum absolute atomic E-state index is 13.4. The van der Waals surface area contributed by atoms with Crippen LogP contribution in [0.3, 0.4) is 0 Å². The lowest BCUT2D eigenvalue weighted by molar-refractivity contribution is -0.140. The van der Waals surface area contributed by atoms with Crippen LogP contribution in [0.15, 0.2) is 103 Å². The van der Waals surface area contributed by atoms with Crippen LogP contribution < -0.4 is 9.47 Å². The number of nitrogens with zero attached hydrogens (tertiary/aromatic N) is 2. The third-order valence-electron chi connectivity index (χ3n) is 6.44. The van der Waals surface area contributed by atoms with Crippen LogP contribution in [0.4, 0.5) is 0 Å². The summed E-state index contributed by atoms with van der Waals surface area (Å²) in [6.07, 6.45) is 3.30. The highest BCUT2D eigenvalue weighted by molar-refractivity contribution is 6.46. The number of Topliss-reactive ketones (excluding diaryl/α,β-unsaturated/α-hetero) is 1. The molecule has 7 heteroatoms. The van der Waals surface area contributed by atoms with Gasteiger partial charge in [0.25, 0.3) is 11.7 Å². The fourth-order valence-corrected chi connectivity index (χ4v) is 4.63. The molecule has 1 atom stereocenters. The number of ether oxygens (including phenoxy) is 2. The van der Waals surface area contributed by atoms with Gasteiger partial charge < -0.3 is 19.5 Å². The minimum atomic E-state index is -0.836. The first-order chi connectivity index (χ1) is 18.5. The molecule has 1 N–H and O–H groups in total. The van der Waals surface area contributed by atoms with Crippen LogP contribution in [-0.4, -0.2) is 33.8 Å². The lowest BCUT2D eigenvalue weighted by atomic mass is 9.94. The van der Waals surface area contributed by atoms with Gasteiger partial charge in [-0.1, -0.05) is 36.4 Å². The van der Waals surface area contributed by atoms with Gasteiger partial charge in [0.1, 0.15) is 23.0 Å². The second-order valence-electron chi connectivity index (χ2n) is 8.96. The van der Waals surface area contributed by atoms with E-state index in [0.29, 0.717) is 28.4 Å². The molecule has 1 saturated heterocycles. The molecule has 1 aliphatic heterocycles. The van der Waals surface area contributed by atoms with Crippen molar-refractivity contribution in [3.05, 3.63) is 125 Å². The molecule has 1 aromatic heterocycles. The van der Waals surface area contributed by atoms with E-state index < -0.39 is 17.7 Å². The molecule has 38 heavy (non-hydrogen) atoms. The predicted octanol–water partition coefficient (Wildman–Crippen LogP) is 5.81. The summed E-state index contributed by atoms with van der Waals surface area (Å²) in [5, 5.41) is 11.4. The Morgan fingerprint density at radius 1 is 0.947 bits per heavy atom. The standard InChI is InChI=1S/C31H26N2O5/c1-20-16-23(13-14-26(20)37-2)29(34)27-28(33(31(36)30(27)35)19-21-8-7-15-32-18-21)22-9-6-12-25(17-22)38-24-10-4-3-5-11-24/h3-18,28,34H,19H2,1-2H3/b29-27+/t28-/m1/s1. The minimum Gasteiger partial charge on any atom is -0.507 e. The highest BCUT2D eigenvalue weighted by atomic mass is 16.5. The number of para-hydroxylation sites is 1. The number of aromatic nitrogens is 1. The van der Waals surface area contributed by atoms with Crippen molar-refractivity contribution in [1.82, 2.24) is 9.88 Å². The number of aliphatic hydroxyl groups is 1. The predicted molar refractivity (Wildman–Crippen MR) is 143 cm³/mol. The van der Waals surface area contributed by atoms with E-state index in [1.165, 1.54) is 4.90 Å². The Balaban J connectivity index is 1.62. The van der Waals surface area contributed by atoms with Crippen molar-refractivity contribution >= 4 is 17.4 Å². The summed E-state index contributed by atoms with van der Waals surface area (Å²) in [6, 6.07) is 24.4. The van der Waals surface area contributed by atoms with Gasteiger partial charge in [0.05, 0.1) is 18.7 Å². The smallest absolute Gasteiger partial charge is 0.295 e. The lowest BCUT2D eigenvalue weighted by Crippen LogP contribution is -2.29. The molecule has 0 aliphatic carbocycles. The Morgan fingerprint density at radius 2 is 1.74 bits per heavy atom. The molecule has 3 aromatic carbocycles. The molecule has 2 heterocycles. The molecular weight excluding hydrogens is 480 g/mol. The average molecular weight is 507 g/mol. The van der Waals surface area contributed by atoms with E-state index in [0.717, 1.165) is 11.1 Å². The number of carbonyl (C=O) groups is 2. The van der Waals surface area contributed by atoms with Crippen molar-refractivity contribution in [2.75, 3.05) is 7.11 Å². The van der Waals surface area contributed by atoms with Gasteiger partial charge in [0.15, 0.2) is 0 Å². The number of aliphatic hydroxyl groups excluding tert-OH is 1. The van der Waals surface area contributed by atoms with Gasteiger partial charge in [-0.15, -0.1) is 0 Å². The molecule has 1 aliphatic rings. The van der Waals surface area contributed by atoms with E-state index in [1.54, 1.807) is 62.0 Å². The number of aryl methyl sites for hydroxylation is 1. The molecule has 0 radical (unpaired) electrons. The van der Waals surface area contributed by atoms with Crippen LogP contribution in [0.1, 0.15) is 28.3 Å². The number of likely N-dealkylation sites (tertiary alicyclic amines) is 1. The lowest BCUT2D eigenvalue weighted by Gasteiger charge is -2.25. The minimum absolute atomic E-state index is 0.0142. The summed E-state index contributed by atoms with van der Waals surface area (Å²) in [5.41, 5.74) is 2.62. The largest absolute Gasteiger partial charge is 0.507 e. The van der Waals surface area contributed by atoms with Crippen molar-refractivity contribution in [2.45, 2.75) is 19.5 Å². The van der Waals surface area contributed by atoms with Crippen LogP contribution in [0.25, 0.3) is 5.76 Å². The molecule has 1 amide bonds. The number of hydrogen-bond acceptors (Lipinski definition) is 6. The summed E-state index contributed by atoms with van der Waals surface area (Å²) in [7, 11) is 1.57. The number of pyridine rings is 1. The quantitative estimate of drug-likeness (QED) is 0.193. The number of methoxy groups -OCH3 is 1. The first-order valence-corrected chi connectivity index (χ1v) is 12.1. The second kappa shape index (κ2) is 10.6. The van der Waals surface area contributed by atoms with Gasteiger partial charge in [0.2, 0.25) is 0 Å². The Kier molecular flexibility index (Phi) is 6.91. The summed E-state index contributed by atoms with van der Waals surface area (Å²) in [5.74, 6) is 0.158. The van der Waals surface area contributed by atoms with Crippen LogP contribution in [0.5, 0.6) is 17.2 Å². The summed E-state index contributed by atoms with van der Waals surface area (Å²) in [4.78, 5) is 32.4. The van der Waals surface area contributed by atoms with Gasteiger partial charge >= 0.3 is 0 Å². The topological polar surface area (TPSA) is 89.0 Å². The van der Waals surface area contributed by atoms with Crippen molar-refractivity contribution in [2.24, 2.45) is 0 Å². The molecule has 0 spiro atoms. The van der Waals surface area contributed by atoms with E-state index in [9.17, 15) is 14.7 Å². The summed E-state index contributed by atoms with van der Waals surface area (Å²) >= 11 is 0. The second-order valence-corrected chi connectivity index (χ2v) is 8.96. The Hall–Kier alpha value is -4.91. The number of carbonyl (C=O) groups excluding carboxylic acids is 2. The van der Waals surface area contributed by atoms with Crippen molar-refractivity contribution in [3.8, 4) is 17.2 Å². The normalized spacial score (nSPS) is 16.5. The third-order valence-corrected chi connectivity index (χ3v) is 6.44. The van der Waals surface area contributed by atoms with E-state index in [2.05, 4.69) is 4.98 Å². The van der Waals surface area contributed by atoms with Crippen LogP contribution >= 0.6 is 0 Å². The highest BCUT2D eigenvalue weighted by Gasteiger charge is 2.46.